The van der Waals surface area contributed by atoms with Crippen LogP contribution >= 0.6 is 0 Å². The number of rotatable bonds is 2. The molecule has 1 N–H and O–H groups in total. The molecule has 6 heteroatoms. The highest BCUT2D eigenvalue weighted by atomic mass is 19.4. The van der Waals surface area contributed by atoms with Gasteiger partial charge in [-0.2, -0.15) is 13.2 Å². The maximum Gasteiger partial charge on any atom is 0.419 e. The normalized spacial score (nSPS) is 11.4. The SMILES string of the molecule is Cc1ccc(C)c(C(=O)Nc2ccc(F)c(C(F)(F)F)c2)c1. The predicted molar refractivity (Wildman–Crippen MR) is 75.3 cm³/mol. The van der Waals surface area contributed by atoms with Crippen LogP contribution in [0.25, 0.3) is 0 Å². The Balaban J connectivity index is 2.31. The van der Waals surface area contributed by atoms with Crippen molar-refractivity contribution < 1.29 is 22.4 Å². The minimum atomic E-state index is -4.82. The van der Waals surface area contributed by atoms with Crippen molar-refractivity contribution in [2.75, 3.05) is 5.32 Å². The molecule has 0 aromatic heterocycles. The molecule has 2 aromatic rings. The first-order chi connectivity index (χ1) is 10.2. The lowest BCUT2D eigenvalue weighted by Gasteiger charge is -2.12. The van der Waals surface area contributed by atoms with E-state index in [1.54, 1.807) is 26.0 Å². The van der Waals surface area contributed by atoms with Gasteiger partial charge in [-0.15, -0.1) is 0 Å². The first-order valence-corrected chi connectivity index (χ1v) is 6.44. The molecule has 0 atom stereocenters. The average molecular weight is 311 g/mol. The molecule has 2 aromatic carbocycles. The van der Waals surface area contributed by atoms with Crippen molar-refractivity contribution in [1.82, 2.24) is 0 Å². The number of amides is 1. The summed E-state index contributed by atoms with van der Waals surface area (Å²) in [6, 6.07) is 7.56. The molecule has 0 spiro atoms. The van der Waals surface area contributed by atoms with Crippen LogP contribution in [-0.4, -0.2) is 5.91 Å². The van der Waals surface area contributed by atoms with Crippen LogP contribution in [0.4, 0.5) is 23.2 Å². The highest BCUT2D eigenvalue weighted by Crippen LogP contribution is 2.33. The van der Waals surface area contributed by atoms with Gasteiger partial charge in [-0.1, -0.05) is 17.7 Å². The number of halogens is 4. The molecule has 0 bridgehead atoms. The maximum absolute atomic E-state index is 13.2. The van der Waals surface area contributed by atoms with Crippen LogP contribution in [0.3, 0.4) is 0 Å². The molecule has 0 aliphatic carbocycles. The van der Waals surface area contributed by atoms with Gasteiger partial charge in [-0.3, -0.25) is 4.79 Å². The first kappa shape index (κ1) is 16.0. The smallest absolute Gasteiger partial charge is 0.322 e. The number of carbonyl (C=O) groups is 1. The van der Waals surface area contributed by atoms with Crippen molar-refractivity contribution in [3.8, 4) is 0 Å². The highest BCUT2D eigenvalue weighted by Gasteiger charge is 2.34. The van der Waals surface area contributed by atoms with Gasteiger partial charge in [0.05, 0.1) is 5.56 Å². The standard InChI is InChI=1S/C16H13F4NO/c1-9-3-4-10(2)12(7-9)15(22)21-11-5-6-14(17)13(8-11)16(18,19)20/h3-8H,1-2H3,(H,21,22). The molecule has 0 radical (unpaired) electrons. The molecule has 0 fully saturated rings. The van der Waals surface area contributed by atoms with Gasteiger partial charge >= 0.3 is 6.18 Å². The van der Waals surface area contributed by atoms with Gasteiger partial charge in [-0.05, 0) is 43.7 Å². The third kappa shape index (κ3) is 3.44. The number of benzene rings is 2. The Morgan fingerprint density at radius 1 is 1.05 bits per heavy atom. The maximum atomic E-state index is 13.2. The van der Waals surface area contributed by atoms with Gasteiger partial charge in [0.25, 0.3) is 5.91 Å². The second kappa shape index (κ2) is 5.79. The van der Waals surface area contributed by atoms with Crippen LogP contribution in [0.15, 0.2) is 36.4 Å². The van der Waals surface area contributed by atoms with E-state index in [2.05, 4.69) is 5.32 Å². The summed E-state index contributed by atoms with van der Waals surface area (Å²) in [5, 5.41) is 2.36. The molecule has 2 nitrogen and oxygen atoms in total. The molecule has 0 aliphatic rings. The summed E-state index contributed by atoms with van der Waals surface area (Å²) in [6.45, 7) is 3.52. The van der Waals surface area contributed by atoms with E-state index in [9.17, 15) is 22.4 Å². The zero-order valence-electron chi connectivity index (χ0n) is 11.9. The number of hydrogen-bond acceptors (Lipinski definition) is 1. The Morgan fingerprint density at radius 2 is 1.73 bits per heavy atom. The first-order valence-electron chi connectivity index (χ1n) is 6.44. The van der Waals surface area contributed by atoms with Gasteiger partial charge in [0.2, 0.25) is 0 Å². The third-order valence-electron chi connectivity index (χ3n) is 3.17. The van der Waals surface area contributed by atoms with Crippen molar-refractivity contribution in [2.24, 2.45) is 0 Å². The van der Waals surface area contributed by atoms with Gasteiger partial charge < -0.3 is 5.32 Å². The van der Waals surface area contributed by atoms with E-state index in [0.29, 0.717) is 23.3 Å². The highest BCUT2D eigenvalue weighted by molar-refractivity contribution is 6.05. The van der Waals surface area contributed by atoms with E-state index < -0.39 is 23.5 Å². The Labute approximate surface area is 124 Å². The fraction of sp³-hybridized carbons (Fsp3) is 0.188. The van der Waals surface area contributed by atoms with E-state index in [1.807, 2.05) is 6.07 Å². The number of alkyl halides is 3. The molecule has 2 rings (SSSR count). The molecule has 22 heavy (non-hydrogen) atoms. The topological polar surface area (TPSA) is 29.1 Å². The molecular formula is C16H13F4NO. The Hall–Kier alpha value is -2.37. The van der Waals surface area contributed by atoms with Gasteiger partial charge in [0.15, 0.2) is 0 Å². The minimum Gasteiger partial charge on any atom is -0.322 e. The van der Waals surface area contributed by atoms with Crippen molar-refractivity contribution in [2.45, 2.75) is 20.0 Å². The quantitative estimate of drug-likeness (QED) is 0.799. The number of aryl methyl sites for hydroxylation is 2. The monoisotopic (exact) mass is 311 g/mol. The Morgan fingerprint density at radius 3 is 2.36 bits per heavy atom. The molecule has 1 amide bonds. The molecule has 0 unspecified atom stereocenters. The summed E-state index contributed by atoms with van der Waals surface area (Å²) in [4.78, 5) is 12.1. The van der Waals surface area contributed by atoms with E-state index >= 15 is 0 Å². The van der Waals surface area contributed by atoms with Crippen LogP contribution in [0.2, 0.25) is 0 Å². The van der Waals surface area contributed by atoms with Crippen molar-refractivity contribution in [3.05, 3.63) is 64.5 Å². The lowest BCUT2D eigenvalue weighted by atomic mass is 10.0. The number of carbonyl (C=O) groups excluding carboxylic acids is 1. The minimum absolute atomic E-state index is 0.111. The zero-order chi connectivity index (χ0) is 16.5. The summed E-state index contributed by atoms with van der Waals surface area (Å²) in [6.07, 6.45) is -4.82. The number of nitrogens with one attached hydrogen (secondary N) is 1. The van der Waals surface area contributed by atoms with Gasteiger partial charge in [-0.25, -0.2) is 4.39 Å². The lowest BCUT2D eigenvalue weighted by molar-refractivity contribution is -0.139. The fourth-order valence-electron chi connectivity index (χ4n) is 2.00. The van der Waals surface area contributed by atoms with Crippen LogP contribution in [0, 0.1) is 19.7 Å². The van der Waals surface area contributed by atoms with E-state index in [4.69, 9.17) is 0 Å². The molecule has 0 saturated carbocycles. The van der Waals surface area contributed by atoms with Crippen molar-refractivity contribution >= 4 is 11.6 Å². The summed E-state index contributed by atoms with van der Waals surface area (Å²) in [5.74, 6) is -1.92. The largest absolute Gasteiger partial charge is 0.419 e. The van der Waals surface area contributed by atoms with Gasteiger partial charge in [0, 0.05) is 11.3 Å². The second-order valence-corrected chi connectivity index (χ2v) is 4.96. The van der Waals surface area contributed by atoms with Crippen LogP contribution in [0.1, 0.15) is 27.0 Å². The molecule has 116 valence electrons. The second-order valence-electron chi connectivity index (χ2n) is 4.96. The van der Waals surface area contributed by atoms with Gasteiger partial charge in [0.1, 0.15) is 5.82 Å². The van der Waals surface area contributed by atoms with Crippen molar-refractivity contribution in [3.63, 3.8) is 0 Å². The van der Waals surface area contributed by atoms with Crippen LogP contribution in [-0.2, 0) is 6.18 Å². The Bertz CT molecular complexity index is 723. The lowest BCUT2D eigenvalue weighted by Crippen LogP contribution is -2.15. The molecule has 0 saturated heterocycles. The summed E-state index contributed by atoms with van der Waals surface area (Å²) < 4.78 is 51.2. The third-order valence-corrected chi connectivity index (χ3v) is 3.17. The number of hydrogen-bond donors (Lipinski definition) is 1. The van der Waals surface area contributed by atoms with Crippen LogP contribution in [0.5, 0.6) is 0 Å². The molecule has 0 heterocycles. The molecule has 0 aliphatic heterocycles. The summed E-state index contributed by atoms with van der Waals surface area (Å²) >= 11 is 0. The summed E-state index contributed by atoms with van der Waals surface area (Å²) in [7, 11) is 0. The Kier molecular flexibility index (Phi) is 4.21. The molecular weight excluding hydrogens is 298 g/mol. The average Bonchev–Trinajstić information content (AvgIpc) is 2.42. The summed E-state index contributed by atoms with van der Waals surface area (Å²) in [5.41, 5.74) is 0.385. The van der Waals surface area contributed by atoms with E-state index in [-0.39, 0.29) is 5.69 Å². The number of anilines is 1. The predicted octanol–water partition coefficient (Wildman–Crippen LogP) is 4.71. The van der Waals surface area contributed by atoms with E-state index in [1.165, 1.54) is 0 Å². The van der Waals surface area contributed by atoms with Crippen LogP contribution < -0.4 is 5.32 Å². The van der Waals surface area contributed by atoms with Crippen molar-refractivity contribution in [1.29, 1.82) is 0 Å². The van der Waals surface area contributed by atoms with E-state index in [0.717, 1.165) is 11.6 Å². The zero-order valence-corrected chi connectivity index (χ0v) is 11.9. The fourth-order valence-corrected chi connectivity index (χ4v) is 2.00.